The molecule has 0 aliphatic carbocycles. The van der Waals surface area contributed by atoms with Crippen molar-refractivity contribution in [2.75, 3.05) is 0 Å². The van der Waals surface area contributed by atoms with Gasteiger partial charge in [-0.1, -0.05) is 6.07 Å². The predicted molar refractivity (Wildman–Crippen MR) is 71.1 cm³/mol. The van der Waals surface area contributed by atoms with Crippen molar-refractivity contribution in [3.63, 3.8) is 0 Å². The van der Waals surface area contributed by atoms with Crippen LogP contribution in [-0.4, -0.2) is 32.8 Å². The highest BCUT2D eigenvalue weighted by Gasteiger charge is 2.42. The molecule has 0 amide bonds. The zero-order chi connectivity index (χ0) is 13.9. The lowest BCUT2D eigenvalue weighted by Crippen LogP contribution is -2.28. The number of para-hydroxylation sites is 1. The number of H-pyrrole nitrogens is 1. The fourth-order valence-electron chi connectivity index (χ4n) is 3.54. The van der Waals surface area contributed by atoms with Gasteiger partial charge in [0.1, 0.15) is 0 Å². The lowest BCUT2D eigenvalue weighted by molar-refractivity contribution is 0.0699. The summed E-state index contributed by atoms with van der Waals surface area (Å²) >= 11 is 0. The van der Waals surface area contributed by atoms with E-state index in [2.05, 4.69) is 4.98 Å². The number of hydrogen-bond acceptors (Lipinski definition) is 3. The van der Waals surface area contributed by atoms with E-state index in [0.29, 0.717) is 11.0 Å². The standard InChI is InChI=1S/C14H14N2O4/c17-13(18)8-2-1-3-9-12(8)15-14(19)16(9)10-6-7-4-5-11(10)20-7/h1-3,7,10-11H,4-6H2,(H,15,19)(H,17,18). The van der Waals surface area contributed by atoms with Crippen LogP contribution in [0.1, 0.15) is 35.7 Å². The molecule has 1 aromatic heterocycles. The number of aromatic carboxylic acids is 1. The third kappa shape index (κ3) is 1.48. The molecular weight excluding hydrogens is 260 g/mol. The van der Waals surface area contributed by atoms with Gasteiger partial charge in [-0.2, -0.15) is 0 Å². The first kappa shape index (κ1) is 11.7. The third-order valence-corrected chi connectivity index (χ3v) is 4.39. The quantitative estimate of drug-likeness (QED) is 0.869. The van der Waals surface area contributed by atoms with Crippen LogP contribution in [0.3, 0.4) is 0 Å². The molecule has 2 N–H and O–H groups in total. The zero-order valence-corrected chi connectivity index (χ0v) is 10.7. The number of rotatable bonds is 2. The summed E-state index contributed by atoms with van der Waals surface area (Å²) in [6.45, 7) is 0. The number of carboxylic acids is 1. The normalized spacial score (nSPS) is 28.3. The Morgan fingerprint density at radius 3 is 2.90 bits per heavy atom. The lowest BCUT2D eigenvalue weighted by atomic mass is 9.95. The minimum atomic E-state index is -1.03. The number of hydrogen-bond donors (Lipinski definition) is 2. The molecule has 4 rings (SSSR count). The van der Waals surface area contributed by atoms with Crippen LogP contribution in [0, 0.1) is 0 Å². The third-order valence-electron chi connectivity index (χ3n) is 4.39. The average Bonchev–Trinajstić information content (AvgIpc) is 3.09. The Morgan fingerprint density at radius 1 is 1.40 bits per heavy atom. The van der Waals surface area contributed by atoms with Crippen molar-refractivity contribution >= 4 is 17.0 Å². The van der Waals surface area contributed by atoms with E-state index in [9.17, 15) is 14.7 Å². The van der Waals surface area contributed by atoms with Crippen molar-refractivity contribution in [1.29, 1.82) is 0 Å². The molecule has 3 atom stereocenters. The van der Waals surface area contributed by atoms with Crippen molar-refractivity contribution in [2.24, 2.45) is 0 Å². The summed E-state index contributed by atoms with van der Waals surface area (Å²) in [5.74, 6) is -1.03. The van der Waals surface area contributed by atoms with Crippen molar-refractivity contribution in [3.8, 4) is 0 Å². The number of carbonyl (C=O) groups is 1. The molecule has 0 radical (unpaired) electrons. The van der Waals surface area contributed by atoms with Gasteiger partial charge in [-0.05, 0) is 31.4 Å². The Bertz CT molecular complexity index is 760. The minimum Gasteiger partial charge on any atom is -0.478 e. The van der Waals surface area contributed by atoms with Gasteiger partial charge in [0.2, 0.25) is 0 Å². The molecule has 2 fully saturated rings. The van der Waals surface area contributed by atoms with Crippen molar-refractivity contribution in [3.05, 3.63) is 34.2 Å². The first-order valence-electron chi connectivity index (χ1n) is 6.77. The van der Waals surface area contributed by atoms with Crippen LogP contribution in [0.5, 0.6) is 0 Å². The number of imidazole rings is 1. The molecule has 0 spiro atoms. The second-order valence-corrected chi connectivity index (χ2v) is 5.48. The molecule has 104 valence electrons. The zero-order valence-electron chi connectivity index (χ0n) is 10.7. The van der Waals surface area contributed by atoms with Crippen LogP contribution in [0.2, 0.25) is 0 Å². The van der Waals surface area contributed by atoms with Gasteiger partial charge in [0.05, 0.1) is 34.8 Å². The number of fused-ring (bicyclic) bond motifs is 3. The van der Waals surface area contributed by atoms with Crippen LogP contribution in [0.15, 0.2) is 23.0 Å². The molecule has 2 aromatic rings. The molecule has 2 aliphatic heterocycles. The number of ether oxygens (including phenoxy) is 1. The fourth-order valence-corrected chi connectivity index (χ4v) is 3.54. The van der Waals surface area contributed by atoms with E-state index in [4.69, 9.17) is 4.74 Å². The van der Waals surface area contributed by atoms with Crippen LogP contribution >= 0.6 is 0 Å². The number of carboxylic acid groups (broad SMARTS) is 1. The van der Waals surface area contributed by atoms with Crippen LogP contribution < -0.4 is 5.69 Å². The van der Waals surface area contributed by atoms with E-state index in [0.717, 1.165) is 19.3 Å². The van der Waals surface area contributed by atoms with Gasteiger partial charge in [0.25, 0.3) is 0 Å². The summed E-state index contributed by atoms with van der Waals surface area (Å²) in [6, 6.07) is 4.97. The molecule has 6 heteroatoms. The number of benzene rings is 1. The maximum atomic E-state index is 12.2. The number of aromatic amines is 1. The van der Waals surface area contributed by atoms with Crippen molar-refractivity contribution < 1.29 is 14.6 Å². The average molecular weight is 274 g/mol. The first-order chi connectivity index (χ1) is 9.65. The highest BCUT2D eigenvalue weighted by atomic mass is 16.5. The fraction of sp³-hybridized carbons (Fsp3) is 0.429. The minimum absolute atomic E-state index is 0.0130. The van der Waals surface area contributed by atoms with E-state index >= 15 is 0 Å². The molecule has 6 nitrogen and oxygen atoms in total. The van der Waals surface area contributed by atoms with E-state index in [1.165, 1.54) is 6.07 Å². The van der Waals surface area contributed by atoms with Gasteiger partial charge in [0, 0.05) is 0 Å². The second-order valence-electron chi connectivity index (χ2n) is 5.48. The molecule has 3 heterocycles. The summed E-state index contributed by atoms with van der Waals surface area (Å²) in [7, 11) is 0. The van der Waals surface area contributed by atoms with Gasteiger partial charge in [0.15, 0.2) is 0 Å². The first-order valence-corrected chi connectivity index (χ1v) is 6.77. The van der Waals surface area contributed by atoms with Gasteiger partial charge in [-0.15, -0.1) is 0 Å². The molecule has 1 aromatic carbocycles. The largest absolute Gasteiger partial charge is 0.478 e. The maximum absolute atomic E-state index is 12.2. The molecule has 3 unspecified atom stereocenters. The summed E-state index contributed by atoms with van der Waals surface area (Å²) in [5.41, 5.74) is 0.918. The Balaban J connectivity index is 1.92. The van der Waals surface area contributed by atoms with E-state index < -0.39 is 5.97 Å². The molecule has 2 bridgehead atoms. The van der Waals surface area contributed by atoms with Gasteiger partial charge < -0.3 is 14.8 Å². The van der Waals surface area contributed by atoms with Gasteiger partial charge in [-0.25, -0.2) is 9.59 Å². The summed E-state index contributed by atoms with van der Waals surface area (Å²) in [5, 5.41) is 9.20. The van der Waals surface area contributed by atoms with Crippen LogP contribution in [0.4, 0.5) is 0 Å². The summed E-state index contributed by atoms with van der Waals surface area (Å²) in [6.07, 6.45) is 3.16. The van der Waals surface area contributed by atoms with Crippen molar-refractivity contribution in [2.45, 2.75) is 37.5 Å². The molecule has 2 saturated heterocycles. The summed E-state index contributed by atoms with van der Waals surface area (Å²) < 4.78 is 7.47. The smallest absolute Gasteiger partial charge is 0.337 e. The van der Waals surface area contributed by atoms with Crippen LogP contribution in [-0.2, 0) is 4.74 Å². The Labute approximate surface area is 114 Å². The van der Waals surface area contributed by atoms with Crippen LogP contribution in [0.25, 0.3) is 11.0 Å². The second kappa shape index (κ2) is 3.96. The molecule has 0 saturated carbocycles. The van der Waals surface area contributed by atoms with E-state index in [1.807, 2.05) is 0 Å². The van der Waals surface area contributed by atoms with E-state index in [1.54, 1.807) is 16.7 Å². The maximum Gasteiger partial charge on any atom is 0.337 e. The Morgan fingerprint density at radius 2 is 2.25 bits per heavy atom. The number of aromatic nitrogens is 2. The van der Waals surface area contributed by atoms with Gasteiger partial charge >= 0.3 is 11.7 Å². The molecule has 2 aliphatic rings. The molecular formula is C14H14N2O4. The highest BCUT2D eigenvalue weighted by Crippen LogP contribution is 2.42. The number of nitrogens with zero attached hydrogens (tertiary/aromatic N) is 1. The monoisotopic (exact) mass is 274 g/mol. The highest BCUT2D eigenvalue weighted by molar-refractivity contribution is 6.00. The SMILES string of the molecule is O=C(O)c1cccc2c1[nH]c(=O)n2C1CC2CCC1O2. The Kier molecular flexibility index (Phi) is 2.32. The number of nitrogens with one attached hydrogen (secondary N) is 1. The summed E-state index contributed by atoms with van der Waals surface area (Å²) in [4.78, 5) is 26.1. The van der Waals surface area contributed by atoms with Gasteiger partial charge in [-0.3, -0.25) is 4.57 Å². The predicted octanol–water partition coefficient (Wildman–Crippen LogP) is 1.52. The van der Waals surface area contributed by atoms with Crippen molar-refractivity contribution in [1.82, 2.24) is 9.55 Å². The lowest BCUT2D eigenvalue weighted by Gasteiger charge is -2.20. The topological polar surface area (TPSA) is 84.3 Å². The van der Waals surface area contributed by atoms with E-state index in [-0.39, 0.29) is 29.5 Å². The Hall–Kier alpha value is -2.08. The molecule has 20 heavy (non-hydrogen) atoms.